The summed E-state index contributed by atoms with van der Waals surface area (Å²) in [6, 6.07) is 11.1. The zero-order chi connectivity index (χ0) is 12.4. The van der Waals surface area contributed by atoms with E-state index in [2.05, 4.69) is 15.9 Å². The second kappa shape index (κ2) is 5.00. The lowest BCUT2D eigenvalue weighted by molar-refractivity contribution is 0.426. The molecule has 86 valence electrons. The molecular weight excluding hydrogens is 286 g/mol. The first-order valence-electron chi connectivity index (χ1n) is 4.99. The lowest BCUT2D eigenvalue weighted by Gasteiger charge is -2.06. The standard InChI is InChI=1S/C12H9BBrFO2/c14-11-6-9(5-10(7-11)13(16)17)8-1-3-12(15)4-2-8/h1-7,16-17H. The van der Waals surface area contributed by atoms with Gasteiger partial charge in [-0.2, -0.15) is 0 Å². The van der Waals surface area contributed by atoms with E-state index < -0.39 is 7.12 Å². The molecule has 0 bridgehead atoms. The molecule has 2 N–H and O–H groups in total. The quantitative estimate of drug-likeness (QED) is 0.831. The fourth-order valence-electron chi connectivity index (χ4n) is 1.57. The Morgan fingerprint density at radius 2 is 1.59 bits per heavy atom. The van der Waals surface area contributed by atoms with Crippen LogP contribution in [0.5, 0.6) is 0 Å². The first-order valence-corrected chi connectivity index (χ1v) is 5.78. The van der Waals surface area contributed by atoms with Gasteiger partial charge in [0.1, 0.15) is 5.82 Å². The molecule has 17 heavy (non-hydrogen) atoms. The molecule has 0 saturated carbocycles. The van der Waals surface area contributed by atoms with Crippen LogP contribution in [-0.4, -0.2) is 17.2 Å². The second-order valence-corrected chi connectivity index (χ2v) is 4.57. The maximum Gasteiger partial charge on any atom is 0.488 e. The lowest BCUT2D eigenvalue weighted by atomic mass is 9.79. The van der Waals surface area contributed by atoms with Gasteiger partial charge in [-0.3, -0.25) is 0 Å². The molecule has 2 aromatic carbocycles. The van der Waals surface area contributed by atoms with Crippen LogP contribution in [0, 0.1) is 5.82 Å². The van der Waals surface area contributed by atoms with Crippen molar-refractivity contribution < 1.29 is 14.4 Å². The molecule has 2 rings (SSSR count). The van der Waals surface area contributed by atoms with E-state index in [1.807, 2.05) is 6.07 Å². The van der Waals surface area contributed by atoms with Crippen molar-refractivity contribution in [2.45, 2.75) is 0 Å². The Hall–Kier alpha value is -1.17. The highest BCUT2D eigenvalue weighted by Crippen LogP contribution is 2.22. The molecule has 0 aliphatic heterocycles. The predicted molar refractivity (Wildman–Crippen MR) is 69.4 cm³/mol. The molecule has 2 aromatic rings. The Bertz CT molecular complexity index is 529. The van der Waals surface area contributed by atoms with Gasteiger partial charge in [0.05, 0.1) is 0 Å². The van der Waals surface area contributed by atoms with E-state index in [1.165, 1.54) is 12.1 Å². The van der Waals surface area contributed by atoms with E-state index >= 15 is 0 Å². The fourth-order valence-corrected chi connectivity index (χ4v) is 2.08. The zero-order valence-corrected chi connectivity index (χ0v) is 10.4. The molecule has 0 amide bonds. The third kappa shape index (κ3) is 2.94. The van der Waals surface area contributed by atoms with Crippen molar-refractivity contribution in [2.24, 2.45) is 0 Å². The first-order chi connectivity index (χ1) is 8.06. The second-order valence-electron chi connectivity index (χ2n) is 3.65. The average molecular weight is 295 g/mol. The molecule has 0 heterocycles. The van der Waals surface area contributed by atoms with Crippen LogP contribution in [0.2, 0.25) is 0 Å². The SMILES string of the molecule is OB(O)c1cc(Br)cc(-c2ccc(F)cc2)c1. The fraction of sp³-hybridized carbons (Fsp3) is 0. The van der Waals surface area contributed by atoms with Gasteiger partial charge in [0.15, 0.2) is 0 Å². The smallest absolute Gasteiger partial charge is 0.423 e. The van der Waals surface area contributed by atoms with Crippen LogP contribution in [0.15, 0.2) is 46.9 Å². The Morgan fingerprint density at radius 1 is 0.941 bits per heavy atom. The summed E-state index contributed by atoms with van der Waals surface area (Å²) in [5.74, 6) is -0.300. The Kier molecular flexibility index (Phi) is 3.62. The highest BCUT2D eigenvalue weighted by molar-refractivity contribution is 9.10. The number of hydrogen-bond acceptors (Lipinski definition) is 2. The predicted octanol–water partition coefficient (Wildman–Crippen LogP) is 1.93. The summed E-state index contributed by atoms with van der Waals surface area (Å²) >= 11 is 3.30. The number of halogens is 2. The molecular formula is C12H9BBrFO2. The Balaban J connectivity index is 2.48. The number of hydrogen-bond donors (Lipinski definition) is 2. The van der Waals surface area contributed by atoms with Gasteiger partial charge in [-0.1, -0.05) is 34.1 Å². The van der Waals surface area contributed by atoms with Crippen LogP contribution in [0.25, 0.3) is 11.1 Å². The number of benzene rings is 2. The number of rotatable bonds is 2. The maximum absolute atomic E-state index is 12.8. The van der Waals surface area contributed by atoms with Gasteiger partial charge in [0, 0.05) is 4.47 Å². The minimum absolute atomic E-state index is 0.300. The summed E-state index contributed by atoms with van der Waals surface area (Å²) in [7, 11) is -1.52. The topological polar surface area (TPSA) is 40.5 Å². The van der Waals surface area contributed by atoms with Crippen molar-refractivity contribution >= 4 is 28.5 Å². The van der Waals surface area contributed by atoms with Crippen molar-refractivity contribution in [3.8, 4) is 11.1 Å². The molecule has 2 nitrogen and oxygen atoms in total. The third-order valence-electron chi connectivity index (χ3n) is 2.40. The summed E-state index contributed by atoms with van der Waals surface area (Å²) in [5.41, 5.74) is 2.00. The summed E-state index contributed by atoms with van der Waals surface area (Å²) in [6.45, 7) is 0. The van der Waals surface area contributed by atoms with E-state index in [9.17, 15) is 4.39 Å². The van der Waals surface area contributed by atoms with Crippen LogP contribution in [-0.2, 0) is 0 Å². The Morgan fingerprint density at radius 3 is 2.18 bits per heavy atom. The van der Waals surface area contributed by atoms with Gasteiger partial charge < -0.3 is 10.0 Å². The average Bonchev–Trinajstić information content (AvgIpc) is 2.29. The van der Waals surface area contributed by atoms with Crippen LogP contribution in [0.4, 0.5) is 4.39 Å². The van der Waals surface area contributed by atoms with E-state index in [4.69, 9.17) is 10.0 Å². The van der Waals surface area contributed by atoms with Crippen molar-refractivity contribution in [3.05, 3.63) is 52.8 Å². The van der Waals surface area contributed by atoms with Crippen molar-refractivity contribution in [2.75, 3.05) is 0 Å². The van der Waals surface area contributed by atoms with Crippen molar-refractivity contribution in [1.82, 2.24) is 0 Å². The van der Waals surface area contributed by atoms with E-state index in [0.717, 1.165) is 15.6 Å². The monoisotopic (exact) mass is 294 g/mol. The molecule has 5 heteroatoms. The lowest BCUT2D eigenvalue weighted by Crippen LogP contribution is -2.29. The van der Waals surface area contributed by atoms with E-state index in [0.29, 0.717) is 5.46 Å². The van der Waals surface area contributed by atoms with Crippen molar-refractivity contribution in [3.63, 3.8) is 0 Å². The summed E-state index contributed by atoms with van der Waals surface area (Å²) in [5, 5.41) is 18.3. The van der Waals surface area contributed by atoms with Crippen LogP contribution < -0.4 is 5.46 Å². The molecule has 0 aliphatic carbocycles. The van der Waals surface area contributed by atoms with Gasteiger partial charge >= 0.3 is 7.12 Å². The zero-order valence-electron chi connectivity index (χ0n) is 8.77. The molecule has 0 aliphatic rings. The Labute approximate surface area is 107 Å². The molecule has 0 atom stereocenters. The maximum atomic E-state index is 12.8. The molecule has 0 radical (unpaired) electrons. The largest absolute Gasteiger partial charge is 0.488 e. The van der Waals surface area contributed by atoms with E-state index in [-0.39, 0.29) is 5.82 Å². The van der Waals surface area contributed by atoms with Crippen LogP contribution >= 0.6 is 15.9 Å². The highest BCUT2D eigenvalue weighted by Gasteiger charge is 2.13. The molecule has 0 fully saturated rings. The third-order valence-corrected chi connectivity index (χ3v) is 2.85. The van der Waals surface area contributed by atoms with Gasteiger partial charge in [-0.25, -0.2) is 4.39 Å². The van der Waals surface area contributed by atoms with Gasteiger partial charge in [0.25, 0.3) is 0 Å². The van der Waals surface area contributed by atoms with Gasteiger partial charge in [0.2, 0.25) is 0 Å². The van der Waals surface area contributed by atoms with Gasteiger partial charge in [-0.05, 0) is 40.9 Å². The minimum atomic E-state index is -1.52. The van der Waals surface area contributed by atoms with Crippen LogP contribution in [0.3, 0.4) is 0 Å². The van der Waals surface area contributed by atoms with E-state index in [1.54, 1.807) is 24.3 Å². The summed E-state index contributed by atoms with van der Waals surface area (Å²) < 4.78 is 13.5. The summed E-state index contributed by atoms with van der Waals surface area (Å²) in [6.07, 6.45) is 0. The highest BCUT2D eigenvalue weighted by atomic mass is 79.9. The van der Waals surface area contributed by atoms with Gasteiger partial charge in [-0.15, -0.1) is 0 Å². The normalized spacial score (nSPS) is 10.4. The molecule has 0 aromatic heterocycles. The molecule has 0 unspecified atom stereocenters. The summed E-state index contributed by atoms with van der Waals surface area (Å²) in [4.78, 5) is 0. The van der Waals surface area contributed by atoms with Crippen molar-refractivity contribution in [1.29, 1.82) is 0 Å². The molecule has 0 spiro atoms. The minimum Gasteiger partial charge on any atom is -0.423 e. The van der Waals surface area contributed by atoms with Crippen LogP contribution in [0.1, 0.15) is 0 Å². The molecule has 0 saturated heterocycles. The first kappa shape index (κ1) is 12.3.